The molecule has 0 amide bonds. The Hall–Kier alpha value is -3.46. The Bertz CT molecular complexity index is 1240. The van der Waals surface area contributed by atoms with Gasteiger partial charge in [-0.3, -0.25) is 0 Å². The molecule has 0 bridgehead atoms. The van der Waals surface area contributed by atoms with Crippen molar-refractivity contribution in [3.8, 4) is 22.5 Å². The molecule has 2 heterocycles. The second-order valence-corrected chi connectivity index (χ2v) is 6.33. The number of furan rings is 1. The van der Waals surface area contributed by atoms with Gasteiger partial charge in [0, 0.05) is 21.9 Å². The first-order chi connectivity index (χ1) is 12.8. The van der Waals surface area contributed by atoms with E-state index in [0.717, 1.165) is 50.3 Å². The van der Waals surface area contributed by atoms with Crippen LogP contribution in [0.3, 0.4) is 0 Å². The lowest BCUT2D eigenvalue weighted by Crippen LogP contribution is -1.95. The van der Waals surface area contributed by atoms with Crippen molar-refractivity contribution in [2.24, 2.45) is 0 Å². The summed E-state index contributed by atoms with van der Waals surface area (Å²) in [5, 5.41) is 2.20. The lowest BCUT2D eigenvalue weighted by Gasteiger charge is -2.08. The lowest BCUT2D eigenvalue weighted by atomic mass is 10.0. The SMILES string of the molecule is Cc1nc(-c2ccccc2)cc(-c2cccc3oc4ccccc4c23)n1. The van der Waals surface area contributed by atoms with Gasteiger partial charge in [-0.15, -0.1) is 0 Å². The van der Waals surface area contributed by atoms with Gasteiger partial charge in [0.15, 0.2) is 0 Å². The van der Waals surface area contributed by atoms with Gasteiger partial charge in [0.25, 0.3) is 0 Å². The van der Waals surface area contributed by atoms with E-state index in [9.17, 15) is 0 Å². The van der Waals surface area contributed by atoms with Crippen LogP contribution in [0.25, 0.3) is 44.5 Å². The Morgan fingerprint density at radius 2 is 1.42 bits per heavy atom. The van der Waals surface area contributed by atoms with E-state index in [4.69, 9.17) is 9.40 Å². The fourth-order valence-electron chi connectivity index (χ4n) is 3.45. The summed E-state index contributed by atoms with van der Waals surface area (Å²) < 4.78 is 6.02. The normalized spacial score (nSPS) is 11.3. The van der Waals surface area contributed by atoms with E-state index in [0.29, 0.717) is 0 Å². The molecule has 0 N–H and O–H groups in total. The number of aryl methyl sites for hydroxylation is 1. The first-order valence-electron chi connectivity index (χ1n) is 8.61. The first kappa shape index (κ1) is 14.8. The number of nitrogens with zero attached hydrogens (tertiary/aromatic N) is 2. The van der Waals surface area contributed by atoms with Crippen molar-refractivity contribution in [1.82, 2.24) is 9.97 Å². The van der Waals surface area contributed by atoms with Gasteiger partial charge in [0.1, 0.15) is 17.0 Å². The van der Waals surface area contributed by atoms with Crippen LogP contribution in [0, 0.1) is 6.92 Å². The quantitative estimate of drug-likeness (QED) is 0.396. The van der Waals surface area contributed by atoms with E-state index in [1.807, 2.05) is 55.5 Å². The second-order valence-electron chi connectivity index (χ2n) is 6.33. The van der Waals surface area contributed by atoms with Crippen molar-refractivity contribution in [2.45, 2.75) is 6.92 Å². The van der Waals surface area contributed by atoms with Gasteiger partial charge < -0.3 is 4.42 Å². The number of hydrogen-bond donors (Lipinski definition) is 0. The number of rotatable bonds is 2. The van der Waals surface area contributed by atoms with Crippen LogP contribution in [0.4, 0.5) is 0 Å². The van der Waals surface area contributed by atoms with Crippen LogP contribution in [-0.2, 0) is 0 Å². The largest absolute Gasteiger partial charge is 0.456 e. The highest BCUT2D eigenvalue weighted by atomic mass is 16.3. The highest BCUT2D eigenvalue weighted by Crippen LogP contribution is 2.36. The monoisotopic (exact) mass is 336 g/mol. The molecular formula is C23H16N2O. The van der Waals surface area contributed by atoms with E-state index < -0.39 is 0 Å². The number of fused-ring (bicyclic) bond motifs is 3. The Kier molecular flexibility index (Phi) is 3.32. The molecule has 0 aliphatic heterocycles. The number of benzene rings is 3. The molecule has 0 radical (unpaired) electrons. The van der Waals surface area contributed by atoms with Crippen molar-refractivity contribution >= 4 is 21.9 Å². The summed E-state index contributed by atoms with van der Waals surface area (Å²) in [6, 6.07) is 26.5. The van der Waals surface area contributed by atoms with Crippen LogP contribution in [0.15, 0.2) is 83.3 Å². The molecule has 0 spiro atoms. The molecule has 0 atom stereocenters. The zero-order valence-electron chi connectivity index (χ0n) is 14.3. The lowest BCUT2D eigenvalue weighted by molar-refractivity contribution is 0.669. The summed E-state index contributed by atoms with van der Waals surface area (Å²) in [6.45, 7) is 1.93. The maximum atomic E-state index is 6.02. The van der Waals surface area contributed by atoms with E-state index in [2.05, 4.69) is 35.3 Å². The van der Waals surface area contributed by atoms with Crippen molar-refractivity contribution in [1.29, 1.82) is 0 Å². The van der Waals surface area contributed by atoms with Gasteiger partial charge in [-0.25, -0.2) is 9.97 Å². The minimum absolute atomic E-state index is 0.756. The summed E-state index contributed by atoms with van der Waals surface area (Å²) in [7, 11) is 0. The Morgan fingerprint density at radius 1 is 0.692 bits per heavy atom. The predicted molar refractivity (Wildman–Crippen MR) is 105 cm³/mol. The van der Waals surface area contributed by atoms with E-state index in [1.54, 1.807) is 0 Å². The van der Waals surface area contributed by atoms with E-state index in [-0.39, 0.29) is 0 Å². The fraction of sp³-hybridized carbons (Fsp3) is 0.0435. The Balaban J connectivity index is 1.80. The average molecular weight is 336 g/mol. The fourth-order valence-corrected chi connectivity index (χ4v) is 3.45. The molecule has 0 aliphatic rings. The highest BCUT2D eigenvalue weighted by Gasteiger charge is 2.14. The van der Waals surface area contributed by atoms with Gasteiger partial charge in [-0.2, -0.15) is 0 Å². The molecule has 124 valence electrons. The number of aromatic nitrogens is 2. The topological polar surface area (TPSA) is 38.9 Å². The summed E-state index contributed by atoms with van der Waals surface area (Å²) in [5.74, 6) is 0.756. The van der Waals surface area contributed by atoms with Gasteiger partial charge in [0.2, 0.25) is 0 Å². The molecule has 0 fully saturated rings. The zero-order valence-corrected chi connectivity index (χ0v) is 14.3. The Morgan fingerprint density at radius 3 is 2.31 bits per heavy atom. The van der Waals surface area contributed by atoms with Gasteiger partial charge in [0.05, 0.1) is 11.4 Å². The summed E-state index contributed by atoms with van der Waals surface area (Å²) in [4.78, 5) is 9.34. The molecule has 0 unspecified atom stereocenters. The van der Waals surface area contributed by atoms with Crippen LogP contribution >= 0.6 is 0 Å². The maximum Gasteiger partial charge on any atom is 0.136 e. The molecule has 5 rings (SSSR count). The molecule has 3 aromatic carbocycles. The number of para-hydroxylation sites is 1. The minimum atomic E-state index is 0.756. The van der Waals surface area contributed by atoms with Crippen LogP contribution in [0.1, 0.15) is 5.82 Å². The smallest absolute Gasteiger partial charge is 0.136 e. The van der Waals surface area contributed by atoms with E-state index in [1.165, 1.54) is 0 Å². The predicted octanol–water partition coefficient (Wildman–Crippen LogP) is 6.02. The number of hydrogen-bond acceptors (Lipinski definition) is 3. The first-order valence-corrected chi connectivity index (χ1v) is 8.61. The third-order valence-corrected chi connectivity index (χ3v) is 4.59. The molecule has 0 saturated heterocycles. The molecule has 5 aromatic rings. The maximum absolute atomic E-state index is 6.02. The second kappa shape index (κ2) is 5.81. The van der Waals surface area contributed by atoms with Crippen LogP contribution in [0.5, 0.6) is 0 Å². The summed E-state index contributed by atoms with van der Waals surface area (Å²) >= 11 is 0. The zero-order chi connectivity index (χ0) is 17.5. The van der Waals surface area contributed by atoms with Crippen molar-refractivity contribution in [2.75, 3.05) is 0 Å². The Labute approximate surface area is 151 Å². The summed E-state index contributed by atoms with van der Waals surface area (Å²) in [5.41, 5.74) is 5.76. The third kappa shape index (κ3) is 2.37. The molecule has 2 aromatic heterocycles. The minimum Gasteiger partial charge on any atom is -0.456 e. The van der Waals surface area contributed by atoms with Crippen molar-refractivity contribution in [3.05, 3.63) is 84.7 Å². The van der Waals surface area contributed by atoms with Crippen LogP contribution < -0.4 is 0 Å². The van der Waals surface area contributed by atoms with Gasteiger partial charge in [-0.05, 0) is 25.1 Å². The molecular weight excluding hydrogens is 320 g/mol. The molecule has 26 heavy (non-hydrogen) atoms. The van der Waals surface area contributed by atoms with Gasteiger partial charge in [-0.1, -0.05) is 60.7 Å². The van der Waals surface area contributed by atoms with Gasteiger partial charge >= 0.3 is 0 Å². The molecule has 3 heteroatoms. The standard InChI is InChI=1S/C23H16N2O/c1-15-24-19(16-8-3-2-4-9-16)14-20(25-15)17-11-7-13-22-23(17)18-10-5-6-12-21(18)26-22/h2-14H,1H3. The van der Waals surface area contributed by atoms with Crippen LogP contribution in [0.2, 0.25) is 0 Å². The van der Waals surface area contributed by atoms with Crippen molar-refractivity contribution in [3.63, 3.8) is 0 Å². The highest BCUT2D eigenvalue weighted by molar-refractivity contribution is 6.12. The van der Waals surface area contributed by atoms with Crippen molar-refractivity contribution < 1.29 is 4.42 Å². The molecule has 0 saturated carbocycles. The third-order valence-electron chi connectivity index (χ3n) is 4.59. The average Bonchev–Trinajstić information content (AvgIpc) is 3.07. The van der Waals surface area contributed by atoms with Crippen LogP contribution in [-0.4, -0.2) is 9.97 Å². The summed E-state index contributed by atoms with van der Waals surface area (Å²) in [6.07, 6.45) is 0. The molecule has 3 nitrogen and oxygen atoms in total. The molecule has 0 aliphatic carbocycles. The van der Waals surface area contributed by atoms with E-state index >= 15 is 0 Å².